The van der Waals surface area contributed by atoms with E-state index in [4.69, 9.17) is 16.3 Å². The molecule has 2 aromatic carbocycles. The van der Waals surface area contributed by atoms with Crippen LogP contribution in [0.2, 0.25) is 5.02 Å². The molecule has 6 nitrogen and oxygen atoms in total. The fourth-order valence-electron chi connectivity index (χ4n) is 2.33. The Morgan fingerprint density at radius 1 is 1.21 bits per heavy atom. The lowest BCUT2D eigenvalue weighted by Crippen LogP contribution is -2.21. The van der Waals surface area contributed by atoms with Gasteiger partial charge in [0, 0.05) is 30.5 Å². The van der Waals surface area contributed by atoms with Crippen LogP contribution >= 0.6 is 11.6 Å². The smallest absolute Gasteiger partial charge is 0.349 e. The molecule has 0 heterocycles. The first-order chi connectivity index (χ1) is 13.3. The number of halogens is 1. The van der Waals surface area contributed by atoms with Crippen LogP contribution in [0.1, 0.15) is 11.1 Å². The molecule has 0 fully saturated rings. The summed E-state index contributed by atoms with van der Waals surface area (Å²) in [6.07, 6.45) is 1.42. The molecule has 0 aliphatic rings. The molecule has 0 aromatic heterocycles. The Labute approximate surface area is 169 Å². The van der Waals surface area contributed by atoms with Crippen molar-refractivity contribution < 1.29 is 14.3 Å². The van der Waals surface area contributed by atoms with E-state index in [1.54, 1.807) is 43.3 Å². The predicted molar refractivity (Wildman–Crippen MR) is 110 cm³/mol. The monoisotopic (exact) mass is 397 g/mol. The van der Waals surface area contributed by atoms with Crippen molar-refractivity contribution in [3.05, 3.63) is 64.2 Å². The molecule has 0 aliphatic heterocycles. The first kappa shape index (κ1) is 21.0. The number of benzene rings is 2. The summed E-state index contributed by atoms with van der Waals surface area (Å²) in [5, 5.41) is 12.4. The van der Waals surface area contributed by atoms with Crippen LogP contribution in [0.3, 0.4) is 0 Å². The molecule has 0 saturated carbocycles. The van der Waals surface area contributed by atoms with Crippen LogP contribution in [0.25, 0.3) is 6.08 Å². The number of nitrogens with zero attached hydrogens (tertiary/aromatic N) is 2. The van der Waals surface area contributed by atoms with Gasteiger partial charge in [0.2, 0.25) is 0 Å². The highest BCUT2D eigenvalue weighted by molar-refractivity contribution is 6.30. The number of rotatable bonds is 6. The molecule has 28 heavy (non-hydrogen) atoms. The number of nitrogens with one attached hydrogen (secondary N) is 1. The molecule has 0 aliphatic carbocycles. The lowest BCUT2D eigenvalue weighted by Gasteiger charge is -2.12. The average Bonchev–Trinajstić information content (AvgIpc) is 2.66. The standard InChI is InChI=1S/C21H20ClN3O3/c1-14-10-17(22)6-9-19(14)24-20(26)13-28-21(27)16(12-23)11-15-4-7-18(8-5-15)25(2)3/h4-11H,13H2,1-3H3,(H,24,26)/b16-11+. The second kappa shape index (κ2) is 9.58. The molecule has 0 spiro atoms. The van der Waals surface area contributed by atoms with Crippen LogP contribution in [0.15, 0.2) is 48.0 Å². The number of carbonyl (C=O) groups excluding carboxylic acids is 2. The molecule has 0 bridgehead atoms. The van der Waals surface area contributed by atoms with Gasteiger partial charge in [0.05, 0.1) is 0 Å². The Kier molecular flexibility index (Phi) is 7.19. The molecule has 144 valence electrons. The summed E-state index contributed by atoms with van der Waals surface area (Å²) in [7, 11) is 3.83. The zero-order valence-electron chi connectivity index (χ0n) is 15.8. The summed E-state index contributed by atoms with van der Waals surface area (Å²) >= 11 is 5.88. The molecule has 0 saturated heterocycles. The van der Waals surface area contributed by atoms with Crippen LogP contribution < -0.4 is 10.2 Å². The van der Waals surface area contributed by atoms with Gasteiger partial charge in [-0.2, -0.15) is 5.26 Å². The van der Waals surface area contributed by atoms with Gasteiger partial charge in [-0.3, -0.25) is 4.79 Å². The summed E-state index contributed by atoms with van der Waals surface area (Å²) in [5.41, 5.74) is 2.84. The highest BCUT2D eigenvalue weighted by Crippen LogP contribution is 2.19. The van der Waals surface area contributed by atoms with Crippen molar-refractivity contribution in [1.29, 1.82) is 5.26 Å². The molecule has 0 unspecified atom stereocenters. The minimum Gasteiger partial charge on any atom is -0.451 e. The number of esters is 1. The third kappa shape index (κ3) is 5.86. The maximum atomic E-state index is 12.1. The second-order valence-electron chi connectivity index (χ2n) is 6.24. The lowest BCUT2D eigenvalue weighted by molar-refractivity contribution is -0.142. The van der Waals surface area contributed by atoms with E-state index in [2.05, 4.69) is 5.32 Å². The average molecular weight is 398 g/mol. The van der Waals surface area contributed by atoms with Crippen molar-refractivity contribution in [3.63, 3.8) is 0 Å². The number of hydrogen-bond acceptors (Lipinski definition) is 5. The lowest BCUT2D eigenvalue weighted by atomic mass is 10.1. The van der Waals surface area contributed by atoms with Gasteiger partial charge in [0.15, 0.2) is 6.61 Å². The fraction of sp³-hybridized carbons (Fsp3) is 0.190. The Morgan fingerprint density at radius 2 is 1.89 bits per heavy atom. The number of hydrogen-bond donors (Lipinski definition) is 1. The number of anilines is 2. The maximum Gasteiger partial charge on any atom is 0.349 e. The van der Waals surface area contributed by atoms with Crippen LogP contribution in [0.5, 0.6) is 0 Å². The SMILES string of the molecule is Cc1cc(Cl)ccc1NC(=O)COC(=O)/C(C#N)=C/c1ccc(N(C)C)cc1. The van der Waals surface area contributed by atoms with E-state index < -0.39 is 18.5 Å². The molecule has 1 amide bonds. The van der Waals surface area contributed by atoms with E-state index in [-0.39, 0.29) is 5.57 Å². The van der Waals surface area contributed by atoms with E-state index in [0.29, 0.717) is 16.3 Å². The zero-order chi connectivity index (χ0) is 20.7. The topological polar surface area (TPSA) is 82.4 Å². The molecule has 0 atom stereocenters. The van der Waals surface area contributed by atoms with Gasteiger partial charge in [0.1, 0.15) is 11.6 Å². The summed E-state index contributed by atoms with van der Waals surface area (Å²) in [4.78, 5) is 26.0. The van der Waals surface area contributed by atoms with E-state index in [1.807, 2.05) is 31.1 Å². The van der Waals surface area contributed by atoms with Gasteiger partial charge < -0.3 is 15.0 Å². The molecular formula is C21H20ClN3O3. The Morgan fingerprint density at radius 3 is 2.46 bits per heavy atom. The normalized spacial score (nSPS) is 10.8. The molecular weight excluding hydrogens is 378 g/mol. The predicted octanol–water partition coefficient (Wildman–Crippen LogP) is 3.80. The van der Waals surface area contributed by atoms with Crippen molar-refractivity contribution in [2.45, 2.75) is 6.92 Å². The van der Waals surface area contributed by atoms with Crippen molar-refractivity contribution in [2.24, 2.45) is 0 Å². The largest absolute Gasteiger partial charge is 0.451 e. The third-order valence-corrected chi connectivity index (χ3v) is 4.09. The van der Waals surface area contributed by atoms with Crippen molar-refractivity contribution in [3.8, 4) is 6.07 Å². The quantitative estimate of drug-likeness (QED) is 0.455. The minimum atomic E-state index is -0.859. The zero-order valence-corrected chi connectivity index (χ0v) is 16.6. The van der Waals surface area contributed by atoms with Gasteiger partial charge in [-0.1, -0.05) is 23.7 Å². The van der Waals surface area contributed by atoms with Gasteiger partial charge in [-0.15, -0.1) is 0 Å². The minimum absolute atomic E-state index is 0.187. The number of amides is 1. The van der Waals surface area contributed by atoms with Gasteiger partial charge in [0.25, 0.3) is 5.91 Å². The Hall–Kier alpha value is -3.30. The van der Waals surface area contributed by atoms with E-state index in [0.717, 1.165) is 11.3 Å². The van der Waals surface area contributed by atoms with Gasteiger partial charge >= 0.3 is 5.97 Å². The number of carbonyl (C=O) groups is 2. The first-order valence-electron chi connectivity index (χ1n) is 8.42. The van der Waals surface area contributed by atoms with Crippen molar-refractivity contribution in [1.82, 2.24) is 0 Å². The summed E-state index contributed by atoms with van der Waals surface area (Å²) in [6.45, 7) is 1.30. The number of nitriles is 1. The van der Waals surface area contributed by atoms with Crippen LogP contribution in [0, 0.1) is 18.3 Å². The fourth-order valence-corrected chi connectivity index (χ4v) is 2.56. The highest BCUT2D eigenvalue weighted by atomic mass is 35.5. The molecule has 2 rings (SSSR count). The van der Waals surface area contributed by atoms with Crippen LogP contribution in [-0.4, -0.2) is 32.6 Å². The van der Waals surface area contributed by atoms with Crippen molar-refractivity contribution >= 4 is 40.9 Å². The molecule has 2 aromatic rings. The number of aryl methyl sites for hydroxylation is 1. The summed E-state index contributed by atoms with van der Waals surface area (Å²) in [6, 6.07) is 14.1. The molecule has 0 radical (unpaired) electrons. The maximum absolute atomic E-state index is 12.1. The second-order valence-corrected chi connectivity index (χ2v) is 6.68. The summed E-state index contributed by atoms with van der Waals surface area (Å²) < 4.78 is 4.95. The van der Waals surface area contributed by atoms with Crippen LogP contribution in [-0.2, 0) is 14.3 Å². The van der Waals surface area contributed by atoms with Crippen molar-refractivity contribution in [2.75, 3.05) is 30.9 Å². The third-order valence-electron chi connectivity index (χ3n) is 3.86. The molecule has 7 heteroatoms. The molecule has 1 N–H and O–H groups in total. The van der Waals surface area contributed by atoms with Gasteiger partial charge in [-0.05, 0) is 54.5 Å². The number of ether oxygens (including phenoxy) is 1. The highest BCUT2D eigenvalue weighted by Gasteiger charge is 2.14. The van der Waals surface area contributed by atoms with E-state index in [9.17, 15) is 14.9 Å². The van der Waals surface area contributed by atoms with Crippen LogP contribution in [0.4, 0.5) is 11.4 Å². The first-order valence-corrected chi connectivity index (χ1v) is 8.80. The van der Waals surface area contributed by atoms with E-state index >= 15 is 0 Å². The Balaban J connectivity index is 1.97. The van der Waals surface area contributed by atoms with E-state index in [1.165, 1.54) is 6.08 Å². The Bertz CT molecular complexity index is 944. The van der Waals surface area contributed by atoms with Gasteiger partial charge in [-0.25, -0.2) is 4.79 Å². The summed E-state index contributed by atoms with van der Waals surface area (Å²) in [5.74, 6) is -1.37.